The van der Waals surface area contributed by atoms with E-state index in [9.17, 15) is 78.9 Å². The maximum Gasteiger partial charge on any atom is 0.330 e. The van der Waals surface area contributed by atoms with Crippen LogP contribution in [0.1, 0.15) is 157 Å². The van der Waals surface area contributed by atoms with Crippen molar-refractivity contribution in [1.82, 2.24) is 36.1 Å². The summed E-state index contributed by atoms with van der Waals surface area (Å²) in [6.07, 6.45) is -7.85. The van der Waals surface area contributed by atoms with E-state index < -0.39 is 158 Å². The molecule has 1 saturated carbocycles. The topological polar surface area (TPSA) is 533 Å². The Labute approximate surface area is 748 Å². The van der Waals surface area contributed by atoms with Gasteiger partial charge >= 0.3 is 11.7 Å². The molecule has 1 unspecified atom stereocenters. The summed E-state index contributed by atoms with van der Waals surface area (Å²) < 4.78 is 103. The fraction of sp³-hybridized carbons (Fsp3) is 0.845. The molecule has 2 aliphatic heterocycles. The first-order valence-electron chi connectivity index (χ1n) is 44.8. The summed E-state index contributed by atoms with van der Waals surface area (Å²) in [6.45, 7) is 18.0. The van der Waals surface area contributed by atoms with E-state index in [2.05, 4.69) is 40.4 Å². The molecule has 0 spiro atoms. The number of methoxy groups -OCH3 is 1. The molecule has 0 radical (unpaired) electrons. The van der Waals surface area contributed by atoms with Gasteiger partial charge in [0.05, 0.1) is 209 Å². The molecule has 2 saturated heterocycles. The fourth-order valence-corrected chi connectivity index (χ4v) is 15.7. The Morgan fingerprint density at radius 1 is 0.579 bits per heavy atom. The number of carbonyl (C=O) groups excluding carboxylic acids is 7. The first-order chi connectivity index (χ1) is 61.3. The van der Waals surface area contributed by atoms with Crippen LogP contribution in [0.15, 0.2) is 34.0 Å². The zero-order chi connectivity index (χ0) is 92.6. The lowest BCUT2D eigenvalue weighted by Crippen LogP contribution is -2.67. The van der Waals surface area contributed by atoms with Crippen molar-refractivity contribution >= 4 is 63.4 Å². The maximum atomic E-state index is 13.6. The summed E-state index contributed by atoms with van der Waals surface area (Å²) >= 11 is 0. The highest BCUT2D eigenvalue weighted by atomic mass is 33.1. The normalized spacial score (nSPS) is 22.8. The Morgan fingerprint density at radius 3 is 1.63 bits per heavy atom. The maximum absolute atomic E-state index is 13.6. The van der Waals surface area contributed by atoms with Crippen molar-refractivity contribution in [1.29, 1.82) is 0 Å². The Morgan fingerprint density at radius 2 is 1.10 bits per heavy atom. The molecule has 0 aromatic carbocycles. The number of allylic oxidation sites excluding steroid dienone is 1. The van der Waals surface area contributed by atoms with E-state index in [0.717, 1.165) is 55.9 Å². The number of hydrogen-bond donors (Lipinski definition) is 13. The number of rotatable bonds is 78. The molecule has 42 heteroatoms. The van der Waals surface area contributed by atoms with Gasteiger partial charge in [0.25, 0.3) is 5.56 Å². The Balaban J connectivity index is 1.09. The van der Waals surface area contributed by atoms with Crippen molar-refractivity contribution in [3.63, 3.8) is 0 Å². The molecule has 0 bridgehead atoms. The third kappa shape index (κ3) is 50.9. The Kier molecular flexibility index (Phi) is 63.0. The molecule has 5 amide bonds. The third-order valence-corrected chi connectivity index (χ3v) is 23.2. The lowest BCUT2D eigenvalue weighted by atomic mass is 9.79. The van der Waals surface area contributed by atoms with Crippen LogP contribution in [-0.2, 0) is 114 Å². The standard InChI is InChI=1S/C84H147N7O33S2/c1-59(2)18-13-11-9-7-6-8-10-12-14-20-68(96)89-73-77(103)75(101)66(57-64(94)80-78(104)79(105)82(124-80)91-28-23-70(98)90-84(91)107)123-83(73)122-65-56-62(74(100)76(102)72(65)87-61(4)93)58-121-71(99)25-55-125-126-60(3)21-22-69(97)88-63(81(106)86-27-17-29-92)19-15-16-26-85-67(95)24-30-109-33-34-111-37-38-113-41-42-115-45-46-117-49-50-119-53-54-120-52-51-118-48-47-116-44-43-114-40-39-112-36-35-110-32-31-108-5/h14,20,23,28-29,59-60,62-66,72-80,82-83,94,100-105H,6-13,15-19,21-22,24-27,30-58H2,1-5H3,(H,85,95)(H,86,106)(H,87,93)(H,88,97)(H,89,96)(H,90,98,107)/b20-14-/t60?,62-,63+,64-,65+,66-,72+,73-,74-,75+,76-,77-,78+,79-,80-,82-,83-/m1/s1/i29T. The number of amides is 5. The van der Waals surface area contributed by atoms with Crippen LogP contribution in [0.2, 0.25) is 0 Å². The van der Waals surface area contributed by atoms with Gasteiger partial charge in [0.2, 0.25) is 29.5 Å². The molecular weight excluding hydrogens is 1700 g/mol. The van der Waals surface area contributed by atoms with Gasteiger partial charge in [-0.1, -0.05) is 93.4 Å². The van der Waals surface area contributed by atoms with Crippen LogP contribution in [0.25, 0.3) is 0 Å². The van der Waals surface area contributed by atoms with Crippen LogP contribution in [0.4, 0.5) is 0 Å². The first-order valence-corrected chi connectivity index (χ1v) is 46.7. The number of H-pyrrole nitrogens is 1. The van der Waals surface area contributed by atoms with Crippen LogP contribution in [0, 0.1) is 11.8 Å². The van der Waals surface area contributed by atoms with Gasteiger partial charge in [-0.25, -0.2) is 4.79 Å². The van der Waals surface area contributed by atoms with Gasteiger partial charge in [0.15, 0.2) is 12.5 Å². The van der Waals surface area contributed by atoms with Gasteiger partial charge in [-0.15, -0.1) is 0 Å². The van der Waals surface area contributed by atoms with Crippen molar-refractivity contribution in [3.8, 4) is 0 Å². The lowest BCUT2D eigenvalue weighted by molar-refractivity contribution is -0.293. The van der Waals surface area contributed by atoms with Crippen LogP contribution < -0.4 is 37.8 Å². The smallest absolute Gasteiger partial charge is 0.330 e. The van der Waals surface area contributed by atoms with Gasteiger partial charge in [-0.05, 0) is 56.9 Å². The van der Waals surface area contributed by atoms with Crippen molar-refractivity contribution in [2.75, 3.05) is 198 Å². The van der Waals surface area contributed by atoms with Crippen molar-refractivity contribution in [2.45, 2.75) is 247 Å². The Hall–Kier alpha value is -5.31. The molecule has 13 N–H and O–H groups in total. The van der Waals surface area contributed by atoms with E-state index in [1.807, 2.05) is 11.9 Å². The number of ether oxygens (including phenoxy) is 17. The minimum atomic E-state index is -1.91. The number of hydrogen-bond acceptors (Lipinski definition) is 35. The summed E-state index contributed by atoms with van der Waals surface area (Å²) in [7, 11) is 4.37. The Bertz CT molecular complexity index is 3260. The second-order valence-corrected chi connectivity index (χ2v) is 33.9. The van der Waals surface area contributed by atoms with E-state index in [0.29, 0.717) is 190 Å². The number of aldehydes is 1. The molecule has 4 rings (SSSR count). The van der Waals surface area contributed by atoms with Crippen LogP contribution in [0.3, 0.4) is 0 Å². The average molecular weight is 1850 g/mol. The largest absolute Gasteiger partial charge is 0.465 e. The van der Waals surface area contributed by atoms with E-state index in [-0.39, 0.29) is 75.2 Å². The quantitative estimate of drug-likeness (QED) is 0.0138. The van der Waals surface area contributed by atoms with E-state index in [1.54, 1.807) is 13.2 Å². The van der Waals surface area contributed by atoms with E-state index >= 15 is 0 Å². The van der Waals surface area contributed by atoms with E-state index in [4.69, 9.17) is 81.9 Å². The summed E-state index contributed by atoms with van der Waals surface area (Å²) in [5, 5.41) is 93.4. The molecule has 1 aromatic heterocycles. The predicted molar refractivity (Wildman–Crippen MR) is 462 cm³/mol. The molecule has 3 aliphatic rings. The molecule has 728 valence electrons. The summed E-state index contributed by atoms with van der Waals surface area (Å²) in [6, 6.07) is -2.95. The summed E-state index contributed by atoms with van der Waals surface area (Å²) in [4.78, 5) is 116. The molecule has 17 atom stereocenters. The highest BCUT2D eigenvalue weighted by molar-refractivity contribution is 8.76. The molecule has 1 aliphatic carbocycles. The van der Waals surface area contributed by atoms with Gasteiger partial charge in [-0.3, -0.25) is 43.1 Å². The number of carbonyl (C=O) groups is 7. The number of esters is 1. The molecule has 3 fully saturated rings. The number of aromatic nitrogens is 2. The predicted octanol–water partition coefficient (Wildman–Crippen LogP) is 0.389. The number of aliphatic hydroxyl groups excluding tert-OH is 7. The SMILES string of the molecule is [3H]C(=O)CCNC(=O)[C@H](CCCCNC(=O)CCOCCOCCOCCOCCOCCOCCOCCOCCOCCOCCOCCOCCOC)NC(=O)CCC(C)SSCCC(=O)OC[C@H]1C[C@H](O[C@@H]2O[C@H](C[C@@H](O)[C@H]3O[C@@H](n4ccc(=O)[nH]c4=O)[C@H](O)[C@@H]3O)[C@H](O)[C@H](O)[C@H]2NC(=O)/C=C\CCCCCCCCCC(C)C)[C@H](NC(C)=O)[C@@H](O)[C@@H]1O. The number of nitrogens with zero attached hydrogens (tertiary/aromatic N) is 1. The fourth-order valence-electron chi connectivity index (χ4n) is 13.4. The number of nitrogens with one attached hydrogen (secondary N) is 6. The van der Waals surface area contributed by atoms with E-state index in [1.165, 1.54) is 46.9 Å². The molecule has 40 nitrogen and oxygen atoms in total. The zero-order valence-electron chi connectivity index (χ0n) is 75.2. The minimum Gasteiger partial charge on any atom is -0.465 e. The number of aliphatic hydroxyl groups is 7. The third-order valence-electron chi connectivity index (χ3n) is 20.3. The monoisotopic (exact) mass is 1850 g/mol. The van der Waals surface area contributed by atoms with Gasteiger partial charge < -0.3 is 148 Å². The second-order valence-electron chi connectivity index (χ2n) is 31.0. The molecule has 126 heavy (non-hydrogen) atoms. The molecular formula is C84H147N7O33S2. The van der Waals surface area contributed by atoms with Gasteiger partial charge in [0, 0.05) is 82.0 Å². The highest BCUT2D eigenvalue weighted by Gasteiger charge is 2.53. The second kappa shape index (κ2) is 71.4. The van der Waals surface area contributed by atoms with Crippen molar-refractivity contribution < 1.29 is 151 Å². The van der Waals surface area contributed by atoms with Crippen molar-refractivity contribution in [3.05, 3.63) is 45.3 Å². The lowest BCUT2D eigenvalue weighted by Gasteiger charge is -2.48. The van der Waals surface area contributed by atoms with Crippen LogP contribution in [-0.4, -0.2) is 376 Å². The summed E-state index contributed by atoms with van der Waals surface area (Å²) in [5.74, 6) is -3.35. The van der Waals surface area contributed by atoms with Crippen molar-refractivity contribution in [2.24, 2.45) is 11.8 Å². The minimum absolute atomic E-state index is 0.0342. The molecule has 1 aromatic rings. The zero-order valence-corrected chi connectivity index (χ0v) is 75.8. The molecule has 3 heterocycles. The number of unbranched alkanes of at least 4 members (excludes halogenated alkanes) is 8. The van der Waals surface area contributed by atoms with Crippen LogP contribution >= 0.6 is 21.6 Å². The average Bonchev–Trinajstić information content (AvgIpc) is 1.76. The first kappa shape index (κ1) is 111. The summed E-state index contributed by atoms with van der Waals surface area (Å²) in [5.41, 5.74) is -1.74. The highest BCUT2D eigenvalue weighted by Crippen LogP contribution is 2.37. The van der Waals surface area contributed by atoms with Gasteiger partial charge in [-0.2, -0.15) is 0 Å². The van der Waals surface area contributed by atoms with Crippen LogP contribution in [0.5, 0.6) is 0 Å². The van der Waals surface area contributed by atoms with Gasteiger partial charge in [0.1, 0.15) is 56.3 Å². The number of aromatic amines is 1.